The monoisotopic (exact) mass is 330 g/mol. The Balaban J connectivity index is 1.52. The number of hydrogen-bond acceptors (Lipinski definition) is 6. The summed E-state index contributed by atoms with van der Waals surface area (Å²) < 4.78 is 1.60. The summed E-state index contributed by atoms with van der Waals surface area (Å²) in [4.78, 5) is 23.6. The van der Waals surface area contributed by atoms with Gasteiger partial charge in [0, 0.05) is 31.1 Å². The van der Waals surface area contributed by atoms with Crippen molar-refractivity contribution in [1.82, 2.24) is 19.8 Å². The molecule has 0 atom stereocenters. The number of hydrogen-bond donors (Lipinski definition) is 2. The number of carbonyl (C=O) groups excluding carboxylic acids is 2. The molecule has 23 heavy (non-hydrogen) atoms. The van der Waals surface area contributed by atoms with E-state index in [9.17, 15) is 9.59 Å². The average molecular weight is 330 g/mol. The number of aryl methyl sites for hydroxylation is 1. The number of aromatic nitrogens is 4. The van der Waals surface area contributed by atoms with Crippen LogP contribution in [0.3, 0.4) is 0 Å². The molecule has 9 heteroatoms. The molecule has 0 unspecified atom stereocenters. The van der Waals surface area contributed by atoms with Gasteiger partial charge in [0.2, 0.25) is 16.8 Å². The number of amides is 2. The maximum Gasteiger partial charge on any atom is 0.234 e. The van der Waals surface area contributed by atoms with Crippen LogP contribution in [-0.2, 0) is 16.0 Å². The average Bonchev–Trinajstić information content (AvgIpc) is 3.08. The van der Waals surface area contributed by atoms with E-state index in [1.807, 2.05) is 0 Å². The summed E-state index contributed by atoms with van der Waals surface area (Å²) >= 11 is 1.42. The number of fused-ring (bicyclic) bond motifs is 1. The molecule has 2 aromatic heterocycles. The van der Waals surface area contributed by atoms with E-state index in [-0.39, 0.29) is 11.8 Å². The topological polar surface area (TPSA) is 101 Å². The summed E-state index contributed by atoms with van der Waals surface area (Å²) in [6, 6.07) is 6.96. The number of carbonyl (C=O) groups is 2. The Morgan fingerprint density at radius 2 is 1.87 bits per heavy atom. The van der Waals surface area contributed by atoms with Gasteiger partial charge in [0.15, 0.2) is 0 Å². The third kappa shape index (κ3) is 3.89. The van der Waals surface area contributed by atoms with Gasteiger partial charge in [0.05, 0.1) is 0 Å². The molecule has 0 spiro atoms. The lowest BCUT2D eigenvalue weighted by atomic mass is 10.2. The zero-order chi connectivity index (χ0) is 16.2. The van der Waals surface area contributed by atoms with Crippen LogP contribution in [-0.4, -0.2) is 31.6 Å². The van der Waals surface area contributed by atoms with E-state index in [0.717, 1.165) is 5.01 Å². The lowest BCUT2D eigenvalue weighted by Gasteiger charge is -2.06. The van der Waals surface area contributed by atoms with Crippen LogP contribution < -0.4 is 10.6 Å². The van der Waals surface area contributed by atoms with Crippen molar-refractivity contribution in [2.45, 2.75) is 19.8 Å². The maximum absolute atomic E-state index is 12.0. The molecule has 118 valence electrons. The molecule has 0 aliphatic carbocycles. The van der Waals surface area contributed by atoms with Gasteiger partial charge in [-0.3, -0.25) is 9.59 Å². The summed E-state index contributed by atoms with van der Waals surface area (Å²) in [5.74, 6) is -0.227. The summed E-state index contributed by atoms with van der Waals surface area (Å²) in [6.45, 7) is 1.45. The quantitative estimate of drug-likeness (QED) is 0.741. The Bertz CT molecular complexity index is 810. The first kappa shape index (κ1) is 15.1. The number of rotatable bonds is 5. The summed E-state index contributed by atoms with van der Waals surface area (Å²) in [5, 5.41) is 18.2. The summed E-state index contributed by atoms with van der Waals surface area (Å²) in [7, 11) is 0. The molecule has 0 saturated carbocycles. The minimum atomic E-state index is -0.133. The predicted octanol–water partition coefficient (Wildman–Crippen LogP) is 1.72. The van der Waals surface area contributed by atoms with E-state index in [1.54, 1.807) is 28.8 Å². The normalized spacial score (nSPS) is 10.7. The Morgan fingerprint density at radius 1 is 1.17 bits per heavy atom. The minimum absolute atomic E-state index is 0.0942. The van der Waals surface area contributed by atoms with Crippen LogP contribution in [0.2, 0.25) is 0 Å². The van der Waals surface area contributed by atoms with E-state index in [4.69, 9.17) is 0 Å². The van der Waals surface area contributed by atoms with Crippen LogP contribution >= 0.6 is 11.3 Å². The first-order valence-corrected chi connectivity index (χ1v) is 7.75. The van der Waals surface area contributed by atoms with Gasteiger partial charge in [0.25, 0.3) is 0 Å². The third-order valence-electron chi connectivity index (χ3n) is 2.98. The van der Waals surface area contributed by atoms with Crippen molar-refractivity contribution >= 4 is 39.5 Å². The first-order chi connectivity index (χ1) is 11.1. The Labute approximate surface area is 135 Å². The van der Waals surface area contributed by atoms with Crippen molar-refractivity contribution in [3.8, 4) is 0 Å². The predicted molar refractivity (Wildman–Crippen MR) is 86.4 cm³/mol. The Hall–Kier alpha value is -2.81. The molecular formula is C14H14N6O2S. The third-order valence-corrected chi connectivity index (χ3v) is 3.96. The molecular weight excluding hydrogens is 316 g/mol. The molecule has 2 heterocycles. The highest BCUT2D eigenvalue weighted by molar-refractivity contribution is 7.16. The highest BCUT2D eigenvalue weighted by Crippen LogP contribution is 2.16. The van der Waals surface area contributed by atoms with E-state index in [2.05, 4.69) is 25.9 Å². The van der Waals surface area contributed by atoms with E-state index in [0.29, 0.717) is 29.2 Å². The van der Waals surface area contributed by atoms with Crippen LogP contribution in [0.4, 0.5) is 11.4 Å². The van der Waals surface area contributed by atoms with Gasteiger partial charge in [0.1, 0.15) is 11.3 Å². The molecule has 2 N–H and O–H groups in total. The molecule has 0 bridgehead atoms. The molecule has 0 aliphatic rings. The second-order valence-corrected chi connectivity index (χ2v) is 5.90. The maximum atomic E-state index is 12.0. The molecule has 0 radical (unpaired) electrons. The van der Waals surface area contributed by atoms with Gasteiger partial charge in [-0.15, -0.1) is 10.2 Å². The van der Waals surface area contributed by atoms with Crippen molar-refractivity contribution in [3.05, 3.63) is 35.6 Å². The Kier molecular flexibility index (Phi) is 4.29. The fourth-order valence-corrected chi connectivity index (χ4v) is 2.80. The largest absolute Gasteiger partial charge is 0.326 e. The fraction of sp³-hybridized carbons (Fsp3) is 0.214. The SMILES string of the molecule is CC(=O)Nc1ccc(NC(=O)CCc2nn3cnnc3s2)cc1. The number of anilines is 2. The molecule has 1 aromatic carbocycles. The zero-order valence-corrected chi connectivity index (χ0v) is 13.1. The second kappa shape index (κ2) is 6.53. The van der Waals surface area contributed by atoms with E-state index >= 15 is 0 Å². The van der Waals surface area contributed by atoms with Gasteiger partial charge in [-0.2, -0.15) is 9.61 Å². The number of nitrogens with one attached hydrogen (secondary N) is 2. The van der Waals surface area contributed by atoms with Crippen molar-refractivity contribution in [3.63, 3.8) is 0 Å². The van der Waals surface area contributed by atoms with Crippen LogP contribution in [0.15, 0.2) is 30.6 Å². The molecule has 3 aromatic rings. The van der Waals surface area contributed by atoms with Crippen molar-refractivity contribution < 1.29 is 9.59 Å². The lowest BCUT2D eigenvalue weighted by molar-refractivity contribution is -0.116. The minimum Gasteiger partial charge on any atom is -0.326 e. The molecule has 2 amide bonds. The highest BCUT2D eigenvalue weighted by Gasteiger charge is 2.08. The molecule has 3 rings (SSSR count). The van der Waals surface area contributed by atoms with Gasteiger partial charge >= 0.3 is 0 Å². The van der Waals surface area contributed by atoms with Crippen LogP contribution in [0.1, 0.15) is 18.4 Å². The number of nitrogens with zero attached hydrogens (tertiary/aromatic N) is 4. The van der Waals surface area contributed by atoms with Crippen molar-refractivity contribution in [2.24, 2.45) is 0 Å². The smallest absolute Gasteiger partial charge is 0.234 e. The Morgan fingerprint density at radius 3 is 2.52 bits per heavy atom. The molecule has 8 nitrogen and oxygen atoms in total. The molecule has 0 fully saturated rings. The van der Waals surface area contributed by atoms with Gasteiger partial charge in [-0.25, -0.2) is 0 Å². The van der Waals surface area contributed by atoms with Gasteiger partial charge in [-0.1, -0.05) is 11.3 Å². The molecule has 0 saturated heterocycles. The van der Waals surface area contributed by atoms with E-state index in [1.165, 1.54) is 24.6 Å². The number of benzene rings is 1. The van der Waals surface area contributed by atoms with Crippen molar-refractivity contribution in [1.29, 1.82) is 0 Å². The van der Waals surface area contributed by atoms with Gasteiger partial charge < -0.3 is 10.6 Å². The van der Waals surface area contributed by atoms with Crippen LogP contribution in [0, 0.1) is 0 Å². The standard InChI is InChI=1S/C14H14N6O2S/c1-9(21)16-10-2-4-11(5-3-10)17-12(22)6-7-13-19-20-8-15-18-14(20)23-13/h2-5,8H,6-7H2,1H3,(H,16,21)(H,17,22). The van der Waals surface area contributed by atoms with Crippen LogP contribution in [0.25, 0.3) is 4.96 Å². The summed E-state index contributed by atoms with van der Waals surface area (Å²) in [5.41, 5.74) is 1.37. The molecule has 0 aliphatic heterocycles. The highest BCUT2D eigenvalue weighted by atomic mass is 32.1. The first-order valence-electron chi connectivity index (χ1n) is 6.93. The van der Waals surface area contributed by atoms with Crippen LogP contribution in [0.5, 0.6) is 0 Å². The zero-order valence-electron chi connectivity index (χ0n) is 12.3. The lowest BCUT2D eigenvalue weighted by Crippen LogP contribution is -2.12. The van der Waals surface area contributed by atoms with Gasteiger partial charge in [-0.05, 0) is 24.3 Å². The fourth-order valence-electron chi connectivity index (χ4n) is 1.99. The van der Waals surface area contributed by atoms with E-state index < -0.39 is 0 Å². The summed E-state index contributed by atoms with van der Waals surface area (Å²) in [6.07, 6.45) is 2.41. The van der Waals surface area contributed by atoms with Crippen molar-refractivity contribution in [2.75, 3.05) is 10.6 Å². The second-order valence-electron chi connectivity index (χ2n) is 4.86.